The topological polar surface area (TPSA) is 111 Å². The van der Waals surface area contributed by atoms with Gasteiger partial charge in [-0.2, -0.15) is 12.1 Å². The fourth-order valence-electron chi connectivity index (χ4n) is 6.38. The predicted molar refractivity (Wildman–Crippen MR) is 256 cm³/mol. The van der Waals surface area contributed by atoms with Crippen LogP contribution in [0, 0.1) is 23.5 Å². The molecule has 67 heavy (non-hydrogen) atoms. The van der Waals surface area contributed by atoms with Gasteiger partial charge in [-0.05, 0) is 118 Å². The van der Waals surface area contributed by atoms with Crippen LogP contribution < -0.4 is 22.4 Å². The van der Waals surface area contributed by atoms with Gasteiger partial charge in [0.05, 0.1) is 19.8 Å². The van der Waals surface area contributed by atoms with E-state index in [1.54, 1.807) is 32.4 Å². The fourth-order valence-corrected chi connectivity index (χ4v) is 6.74. The largest absolute Gasteiger partial charge is 2.00 e. The molecule has 0 radical (unpaired) electrons. The summed E-state index contributed by atoms with van der Waals surface area (Å²) in [5.41, 5.74) is 3.03. The fraction of sp³-hybridized carbons (Fsp3) is 0.617. The van der Waals surface area contributed by atoms with Gasteiger partial charge in [0, 0.05) is 78.9 Å². The Kier molecular flexibility index (Phi) is 43.1. The van der Waals surface area contributed by atoms with Crippen LogP contribution in [0.1, 0.15) is 102 Å². The van der Waals surface area contributed by atoms with Crippen molar-refractivity contribution in [3.8, 4) is 0 Å². The van der Waals surface area contributed by atoms with Gasteiger partial charge < -0.3 is 73.4 Å². The molecule has 3 aromatic rings. The van der Waals surface area contributed by atoms with Crippen molar-refractivity contribution < 1.29 is 86.6 Å². The van der Waals surface area contributed by atoms with E-state index in [1.807, 2.05) is 0 Å². The van der Waals surface area contributed by atoms with Crippen LogP contribution in [0.2, 0.25) is 0 Å². The van der Waals surface area contributed by atoms with Crippen LogP contribution in [0.5, 0.6) is 0 Å². The smallest absolute Gasteiger partial charge is 1.00 e. The van der Waals surface area contributed by atoms with E-state index < -0.39 is 14.4 Å². The molecule has 4 saturated heterocycles. The molecule has 3 unspecified atom stereocenters. The SMILES string of the molecule is C.C.C1CCOC1.COB(OC)OC.COB(OC)c1ccc(F)cc1COC1CCCCO1.Fc1cc[c-]c(COC2CCCCO2)c1.Fc1ccc(Br)c(COC2CCCCO2)c1.[Br-].[Mg+2]. The van der Waals surface area contributed by atoms with E-state index in [0.29, 0.717) is 18.8 Å². The van der Waals surface area contributed by atoms with Crippen molar-refractivity contribution in [1.82, 2.24) is 0 Å². The maximum Gasteiger partial charge on any atom is 2.00 e. The molecule has 0 aliphatic carbocycles. The monoisotopic (exact) mass is 1090 g/mol. The van der Waals surface area contributed by atoms with Crippen LogP contribution in [0.25, 0.3) is 0 Å². The molecule has 0 aromatic heterocycles. The van der Waals surface area contributed by atoms with Crippen molar-refractivity contribution >= 4 is 58.9 Å². The van der Waals surface area contributed by atoms with Crippen LogP contribution in [0.4, 0.5) is 13.2 Å². The molecule has 12 nitrogen and oxygen atoms in total. The zero-order valence-corrected chi connectivity index (χ0v) is 43.1. The number of hydrogen-bond donors (Lipinski definition) is 0. The predicted octanol–water partition coefficient (Wildman–Crippen LogP) is 6.76. The molecule has 4 heterocycles. The Bertz CT molecular complexity index is 1610. The van der Waals surface area contributed by atoms with Gasteiger partial charge in [0.25, 0.3) is 0 Å². The van der Waals surface area contributed by atoms with Crippen molar-refractivity contribution in [2.45, 2.75) is 124 Å². The van der Waals surface area contributed by atoms with E-state index in [1.165, 1.54) is 70.6 Å². The molecule has 4 aliphatic heterocycles. The Balaban J connectivity index is 0. The maximum absolute atomic E-state index is 13.4. The van der Waals surface area contributed by atoms with Crippen LogP contribution in [0.15, 0.2) is 59.1 Å². The zero-order valence-electron chi connectivity index (χ0n) is 38.5. The van der Waals surface area contributed by atoms with Gasteiger partial charge in [0.15, 0.2) is 18.9 Å². The third kappa shape index (κ3) is 29.7. The second-order valence-corrected chi connectivity index (χ2v) is 15.4. The summed E-state index contributed by atoms with van der Waals surface area (Å²) in [5.74, 6) is -0.800. The van der Waals surface area contributed by atoms with Crippen molar-refractivity contribution in [3.05, 3.63) is 99.3 Å². The number of hydrogen-bond acceptors (Lipinski definition) is 12. The quantitative estimate of drug-likeness (QED) is 0.119. The number of rotatable bonds is 15. The van der Waals surface area contributed by atoms with Gasteiger partial charge in [-0.15, -0.1) is 17.7 Å². The Morgan fingerprint density at radius 2 is 1.00 bits per heavy atom. The summed E-state index contributed by atoms with van der Waals surface area (Å²) in [5, 5.41) is 0. The molecule has 0 N–H and O–H groups in total. The second kappa shape index (κ2) is 42.5. The Labute approximate surface area is 434 Å². The first-order valence-corrected chi connectivity index (χ1v) is 22.3. The maximum atomic E-state index is 13.4. The van der Waals surface area contributed by atoms with E-state index in [9.17, 15) is 13.2 Å². The minimum absolute atomic E-state index is 0. The van der Waals surface area contributed by atoms with Gasteiger partial charge in [0.2, 0.25) is 0 Å². The van der Waals surface area contributed by atoms with E-state index in [-0.39, 0.29) is 97.8 Å². The van der Waals surface area contributed by atoms with Gasteiger partial charge in [-0.25, -0.2) is 13.2 Å². The normalized spacial score (nSPS) is 18.3. The number of halogens is 5. The molecular weight excluding hydrogens is 1020 g/mol. The van der Waals surface area contributed by atoms with Crippen LogP contribution in [0.3, 0.4) is 0 Å². The molecule has 4 fully saturated rings. The summed E-state index contributed by atoms with van der Waals surface area (Å²) >= 11 is 3.37. The van der Waals surface area contributed by atoms with Crippen molar-refractivity contribution in [2.24, 2.45) is 0 Å². The average Bonchev–Trinajstić information content (AvgIpc) is 3.92. The minimum atomic E-state index is -0.526. The zero-order chi connectivity index (χ0) is 45.5. The molecule has 3 atom stereocenters. The molecule has 376 valence electrons. The summed E-state index contributed by atoms with van der Waals surface area (Å²) in [6.07, 6.45) is 11.5. The number of ether oxygens (including phenoxy) is 7. The van der Waals surface area contributed by atoms with Gasteiger partial charge >= 0.3 is 37.5 Å². The van der Waals surface area contributed by atoms with Crippen molar-refractivity contribution in [2.75, 3.05) is 68.6 Å². The first-order chi connectivity index (χ1) is 30.7. The minimum Gasteiger partial charge on any atom is -1.00 e. The standard InChI is InChI=1S/C14H20BFO4.C12H14BrFO2.C12H14FO2.C4H8O.C3H9BO3.2CH4.BrH.Mg/c1-17-15(18-2)13-7-6-12(16)9-11(13)10-20-14-5-3-4-8-19-14;13-11-5-4-10(14)7-9(11)8-16-12-3-1-2-6-15-12;13-11-5-3-4-10(8-11)9-15-12-6-1-2-7-14-12;1-2-4-5-3-1;1-5-4(6-2)7-3;;;;/h6-7,9,14H,3-5,8,10H2,1-2H3;4-5,7,12H,1-3,6,8H2;3,5,8,12H,1-2,6-7,9H2;1-4H2;1-3H3;2*1H4;1H;/q;;-1;;;;;;+2/p-1. The first kappa shape index (κ1) is 67.9. The average molecular weight is 1090 g/mol. The second-order valence-electron chi connectivity index (χ2n) is 14.6. The molecule has 20 heteroatoms. The summed E-state index contributed by atoms with van der Waals surface area (Å²) in [6.45, 7) is 5.26. The van der Waals surface area contributed by atoms with Gasteiger partial charge in [-0.3, -0.25) is 0 Å². The first-order valence-electron chi connectivity index (χ1n) is 21.5. The molecule has 0 saturated carbocycles. The van der Waals surface area contributed by atoms with Gasteiger partial charge in [-0.1, -0.05) is 36.8 Å². The molecule has 3 aromatic carbocycles. The van der Waals surface area contributed by atoms with Crippen LogP contribution in [-0.2, 0) is 76.3 Å². The Morgan fingerprint density at radius 1 is 0.567 bits per heavy atom. The summed E-state index contributed by atoms with van der Waals surface area (Å²) in [7, 11) is 6.59. The van der Waals surface area contributed by atoms with Crippen LogP contribution >= 0.6 is 15.9 Å². The molecule has 7 rings (SSSR count). The molecule has 4 aliphatic rings. The number of benzene rings is 3. The third-order valence-corrected chi connectivity index (χ3v) is 10.5. The summed E-state index contributed by atoms with van der Waals surface area (Å²) in [6, 6.07) is 16.4. The Morgan fingerprint density at radius 3 is 1.40 bits per heavy atom. The van der Waals surface area contributed by atoms with Gasteiger partial charge in [0.1, 0.15) is 11.6 Å². The van der Waals surface area contributed by atoms with Crippen molar-refractivity contribution in [3.63, 3.8) is 0 Å². The van der Waals surface area contributed by atoms with Crippen molar-refractivity contribution in [1.29, 1.82) is 0 Å². The van der Waals surface area contributed by atoms with E-state index >= 15 is 0 Å². The third-order valence-electron chi connectivity index (χ3n) is 9.71. The molecule has 0 spiro atoms. The molecule has 0 bridgehead atoms. The van der Waals surface area contributed by atoms with E-state index in [4.69, 9.17) is 42.5 Å². The molecular formula is C47H73B2Br2F3MgO12. The molecule has 0 amide bonds. The summed E-state index contributed by atoms with van der Waals surface area (Å²) < 4.78 is 102. The van der Waals surface area contributed by atoms with E-state index in [2.05, 4.69) is 36.0 Å². The van der Waals surface area contributed by atoms with E-state index in [0.717, 1.165) is 112 Å². The summed E-state index contributed by atoms with van der Waals surface area (Å²) in [4.78, 5) is 0. The Hall–Kier alpha value is -1.17. The van der Waals surface area contributed by atoms with Crippen LogP contribution in [-0.4, -0.2) is 125 Å².